The van der Waals surface area contributed by atoms with Gasteiger partial charge in [0.25, 0.3) is 0 Å². The second-order valence-corrected chi connectivity index (χ2v) is 7.51. The van der Waals surface area contributed by atoms with Crippen molar-refractivity contribution in [1.82, 2.24) is 14.9 Å². The van der Waals surface area contributed by atoms with Crippen LogP contribution in [0.5, 0.6) is 0 Å². The van der Waals surface area contributed by atoms with Gasteiger partial charge in [-0.05, 0) is 40.4 Å². The molecule has 0 aliphatic heterocycles. The molecular formula is C12H29N3O2S. The normalized spacial score (nSPS) is 14.4. The fraction of sp³-hybridized carbons (Fsp3) is 1.00. The molecule has 0 rings (SSSR count). The van der Waals surface area contributed by atoms with Gasteiger partial charge in [-0.2, -0.15) is 0 Å². The molecule has 18 heavy (non-hydrogen) atoms. The number of nitrogens with one attached hydrogen (secondary N) is 2. The smallest absolute Gasteiger partial charge is 0.215 e. The Labute approximate surface area is 112 Å². The topological polar surface area (TPSA) is 61.4 Å². The molecule has 0 fully saturated rings. The molecule has 0 amide bonds. The van der Waals surface area contributed by atoms with Crippen LogP contribution in [-0.4, -0.2) is 58.3 Å². The van der Waals surface area contributed by atoms with E-state index in [1.807, 2.05) is 27.9 Å². The maximum absolute atomic E-state index is 11.9. The van der Waals surface area contributed by atoms with E-state index in [9.17, 15) is 8.42 Å². The minimum absolute atomic E-state index is 0.308. The van der Waals surface area contributed by atoms with Crippen LogP contribution in [0.2, 0.25) is 0 Å². The maximum atomic E-state index is 11.9. The molecule has 0 radical (unpaired) electrons. The van der Waals surface area contributed by atoms with Gasteiger partial charge in [-0.15, -0.1) is 0 Å². The van der Waals surface area contributed by atoms with Gasteiger partial charge >= 0.3 is 0 Å². The van der Waals surface area contributed by atoms with E-state index in [0.29, 0.717) is 19.1 Å². The van der Waals surface area contributed by atoms with E-state index >= 15 is 0 Å². The highest BCUT2D eigenvalue weighted by atomic mass is 32.2. The van der Waals surface area contributed by atoms with E-state index in [-0.39, 0.29) is 0 Å². The van der Waals surface area contributed by atoms with Crippen LogP contribution in [0.3, 0.4) is 0 Å². The molecule has 110 valence electrons. The zero-order valence-corrected chi connectivity index (χ0v) is 13.2. The zero-order chi connectivity index (χ0) is 14.2. The largest absolute Gasteiger partial charge is 0.313 e. The molecule has 0 heterocycles. The van der Waals surface area contributed by atoms with Gasteiger partial charge in [0.2, 0.25) is 10.0 Å². The lowest BCUT2D eigenvalue weighted by Gasteiger charge is -2.16. The van der Waals surface area contributed by atoms with Gasteiger partial charge in [0.1, 0.15) is 0 Å². The quantitative estimate of drug-likeness (QED) is 0.576. The van der Waals surface area contributed by atoms with Gasteiger partial charge in [-0.1, -0.05) is 13.8 Å². The fourth-order valence-electron chi connectivity index (χ4n) is 1.42. The Balaban J connectivity index is 3.85. The standard InChI is InChI=1S/C12H29N3O2S/c1-11(2)13-10-12(3)18(16,17)14-8-6-7-9-15(4)5/h11-14H,6-10H2,1-5H3. The van der Waals surface area contributed by atoms with Crippen molar-refractivity contribution in [3.63, 3.8) is 0 Å². The average molecular weight is 279 g/mol. The fourth-order valence-corrected chi connectivity index (χ4v) is 2.45. The third-order valence-electron chi connectivity index (χ3n) is 2.68. The van der Waals surface area contributed by atoms with Gasteiger partial charge in [0.05, 0.1) is 5.25 Å². The van der Waals surface area contributed by atoms with Crippen molar-refractivity contribution in [3.8, 4) is 0 Å². The van der Waals surface area contributed by atoms with Crippen molar-refractivity contribution < 1.29 is 8.42 Å². The predicted octanol–water partition coefficient (Wildman–Crippen LogP) is 0.634. The summed E-state index contributed by atoms with van der Waals surface area (Å²) in [6, 6.07) is 0.308. The summed E-state index contributed by atoms with van der Waals surface area (Å²) in [5.41, 5.74) is 0. The lowest BCUT2D eigenvalue weighted by atomic mass is 10.3. The van der Waals surface area contributed by atoms with E-state index < -0.39 is 15.3 Å². The van der Waals surface area contributed by atoms with E-state index in [1.54, 1.807) is 6.92 Å². The van der Waals surface area contributed by atoms with Crippen LogP contribution >= 0.6 is 0 Å². The Morgan fingerprint density at radius 2 is 1.72 bits per heavy atom. The van der Waals surface area contributed by atoms with Crippen LogP contribution in [0.25, 0.3) is 0 Å². The van der Waals surface area contributed by atoms with Crippen molar-refractivity contribution in [3.05, 3.63) is 0 Å². The molecule has 0 spiro atoms. The molecule has 0 saturated heterocycles. The van der Waals surface area contributed by atoms with Crippen LogP contribution in [0.1, 0.15) is 33.6 Å². The summed E-state index contributed by atoms with van der Waals surface area (Å²) in [6.45, 7) is 7.76. The van der Waals surface area contributed by atoms with Gasteiger partial charge in [0, 0.05) is 19.1 Å². The summed E-state index contributed by atoms with van der Waals surface area (Å²) in [4.78, 5) is 2.10. The molecule has 1 unspecified atom stereocenters. The van der Waals surface area contributed by atoms with E-state index in [4.69, 9.17) is 0 Å². The molecule has 0 aliphatic carbocycles. The summed E-state index contributed by atoms with van der Waals surface area (Å²) < 4.78 is 26.4. The first-order valence-electron chi connectivity index (χ1n) is 6.62. The number of nitrogens with zero attached hydrogens (tertiary/aromatic N) is 1. The molecule has 0 saturated carbocycles. The SMILES string of the molecule is CC(C)NCC(C)S(=O)(=O)NCCCCN(C)C. The highest BCUT2D eigenvalue weighted by Crippen LogP contribution is 1.98. The van der Waals surface area contributed by atoms with Gasteiger partial charge in [-0.25, -0.2) is 13.1 Å². The summed E-state index contributed by atoms with van der Waals surface area (Å²) in [6.07, 6.45) is 1.88. The number of rotatable bonds is 10. The van der Waals surface area contributed by atoms with Gasteiger partial charge < -0.3 is 10.2 Å². The van der Waals surface area contributed by atoms with Crippen LogP contribution in [0, 0.1) is 0 Å². The van der Waals surface area contributed by atoms with E-state index in [1.165, 1.54) is 0 Å². The van der Waals surface area contributed by atoms with E-state index in [0.717, 1.165) is 19.4 Å². The molecule has 5 nitrogen and oxygen atoms in total. The first kappa shape index (κ1) is 17.8. The minimum Gasteiger partial charge on any atom is -0.313 e. The van der Waals surface area contributed by atoms with E-state index in [2.05, 4.69) is 14.9 Å². The Morgan fingerprint density at radius 1 is 1.11 bits per heavy atom. The Hall–Kier alpha value is -0.170. The van der Waals surface area contributed by atoms with Crippen molar-refractivity contribution in [2.24, 2.45) is 0 Å². The van der Waals surface area contributed by atoms with Crippen molar-refractivity contribution in [2.45, 2.75) is 44.9 Å². The summed E-state index contributed by atoms with van der Waals surface area (Å²) >= 11 is 0. The molecule has 0 bridgehead atoms. The van der Waals surface area contributed by atoms with Crippen molar-refractivity contribution in [2.75, 3.05) is 33.7 Å². The minimum atomic E-state index is -3.18. The molecule has 0 aliphatic rings. The van der Waals surface area contributed by atoms with Crippen LogP contribution in [0.15, 0.2) is 0 Å². The van der Waals surface area contributed by atoms with Crippen LogP contribution in [-0.2, 0) is 10.0 Å². The van der Waals surface area contributed by atoms with Crippen LogP contribution < -0.4 is 10.0 Å². The zero-order valence-electron chi connectivity index (χ0n) is 12.4. The maximum Gasteiger partial charge on any atom is 0.215 e. The molecule has 6 heteroatoms. The third-order valence-corrected chi connectivity index (χ3v) is 4.51. The van der Waals surface area contributed by atoms with Crippen molar-refractivity contribution >= 4 is 10.0 Å². The first-order chi connectivity index (χ1) is 8.25. The highest BCUT2D eigenvalue weighted by molar-refractivity contribution is 7.90. The number of sulfonamides is 1. The molecule has 0 aromatic heterocycles. The lowest BCUT2D eigenvalue weighted by molar-refractivity contribution is 0.394. The molecular weight excluding hydrogens is 250 g/mol. The Kier molecular flexibility index (Phi) is 8.77. The average Bonchev–Trinajstić information content (AvgIpc) is 2.24. The number of hydrogen-bond donors (Lipinski definition) is 2. The number of unbranched alkanes of at least 4 members (excludes halogenated alkanes) is 1. The number of hydrogen-bond acceptors (Lipinski definition) is 4. The second-order valence-electron chi connectivity index (χ2n) is 5.32. The Bertz CT molecular complexity index is 302. The highest BCUT2D eigenvalue weighted by Gasteiger charge is 2.19. The molecule has 2 N–H and O–H groups in total. The van der Waals surface area contributed by atoms with Crippen molar-refractivity contribution in [1.29, 1.82) is 0 Å². The first-order valence-corrected chi connectivity index (χ1v) is 8.17. The Morgan fingerprint density at radius 3 is 2.22 bits per heavy atom. The summed E-state index contributed by atoms with van der Waals surface area (Å²) in [7, 11) is 0.853. The third kappa shape index (κ3) is 8.85. The predicted molar refractivity (Wildman–Crippen MR) is 77.3 cm³/mol. The molecule has 0 aromatic carbocycles. The molecule has 1 atom stereocenters. The monoisotopic (exact) mass is 279 g/mol. The summed E-state index contributed by atoms with van der Waals surface area (Å²) in [5.74, 6) is 0. The van der Waals surface area contributed by atoms with Gasteiger partial charge in [0.15, 0.2) is 0 Å². The summed E-state index contributed by atoms with van der Waals surface area (Å²) in [5, 5.41) is 2.75. The van der Waals surface area contributed by atoms with Gasteiger partial charge in [-0.3, -0.25) is 0 Å². The van der Waals surface area contributed by atoms with Crippen LogP contribution in [0.4, 0.5) is 0 Å². The molecule has 0 aromatic rings. The lowest BCUT2D eigenvalue weighted by Crippen LogP contribution is -2.41. The second kappa shape index (κ2) is 8.85.